The molecule has 0 unspecified atom stereocenters. The molecule has 212 valence electrons. The molecule has 3 aromatic rings. The summed E-state index contributed by atoms with van der Waals surface area (Å²) in [6.45, 7) is 7.98. The number of hydrogen-bond acceptors (Lipinski definition) is 5. The number of aryl methyl sites for hydroxylation is 1. The van der Waals surface area contributed by atoms with Crippen molar-refractivity contribution in [1.29, 1.82) is 0 Å². The van der Waals surface area contributed by atoms with Gasteiger partial charge in [-0.2, -0.15) is 0 Å². The molecule has 0 bridgehead atoms. The van der Waals surface area contributed by atoms with E-state index in [0.29, 0.717) is 57.6 Å². The molecule has 5 rings (SSSR count). The molecule has 2 amide bonds. The Labute approximate surface area is 234 Å². The third kappa shape index (κ3) is 5.64. The van der Waals surface area contributed by atoms with Crippen LogP contribution in [0.1, 0.15) is 50.0 Å². The van der Waals surface area contributed by atoms with E-state index in [-0.39, 0.29) is 23.7 Å². The maximum absolute atomic E-state index is 13.3. The van der Waals surface area contributed by atoms with Gasteiger partial charge in [0, 0.05) is 55.4 Å². The topological polar surface area (TPSA) is 104 Å². The number of benzene rings is 2. The number of carbonyl (C=O) groups is 3. The molecular formula is C31H38N4O5. The van der Waals surface area contributed by atoms with E-state index in [0.717, 1.165) is 41.1 Å². The van der Waals surface area contributed by atoms with Gasteiger partial charge in [-0.05, 0) is 82.0 Å². The van der Waals surface area contributed by atoms with Crippen LogP contribution in [0, 0.1) is 11.8 Å². The molecule has 1 saturated carbocycles. The quantitative estimate of drug-likeness (QED) is 0.419. The van der Waals surface area contributed by atoms with Crippen molar-refractivity contribution in [2.24, 2.45) is 11.8 Å². The summed E-state index contributed by atoms with van der Waals surface area (Å²) in [7, 11) is 0. The lowest BCUT2D eigenvalue weighted by Crippen LogP contribution is -2.50. The summed E-state index contributed by atoms with van der Waals surface area (Å²) in [5.74, 6) is -0.332. The van der Waals surface area contributed by atoms with Crippen LogP contribution in [0.5, 0.6) is 5.75 Å². The fraction of sp³-hybridized carbons (Fsp3) is 0.452. The second-order valence-electron chi connectivity index (χ2n) is 10.6. The van der Waals surface area contributed by atoms with Crippen LogP contribution < -0.4 is 15.0 Å². The number of nitrogens with zero attached hydrogens (tertiary/aromatic N) is 3. The normalized spacial score (nSPS) is 19.4. The highest BCUT2D eigenvalue weighted by Crippen LogP contribution is 2.32. The van der Waals surface area contributed by atoms with Gasteiger partial charge in [-0.15, -0.1) is 0 Å². The van der Waals surface area contributed by atoms with Crippen molar-refractivity contribution < 1.29 is 24.2 Å². The van der Waals surface area contributed by atoms with Gasteiger partial charge >= 0.3 is 5.97 Å². The lowest BCUT2D eigenvalue weighted by Gasteiger charge is -2.38. The predicted molar refractivity (Wildman–Crippen MR) is 155 cm³/mol. The molecule has 0 radical (unpaired) electrons. The number of fused-ring (bicyclic) bond motifs is 1. The zero-order valence-electron chi connectivity index (χ0n) is 23.3. The molecule has 1 aliphatic carbocycles. The number of carboxylic acids is 1. The fourth-order valence-electron chi connectivity index (χ4n) is 6.05. The summed E-state index contributed by atoms with van der Waals surface area (Å²) in [6, 6.07) is 15.6. The minimum Gasteiger partial charge on any atom is -0.493 e. The summed E-state index contributed by atoms with van der Waals surface area (Å²) >= 11 is 0. The van der Waals surface area contributed by atoms with Crippen molar-refractivity contribution in [2.75, 3.05) is 43.0 Å². The van der Waals surface area contributed by atoms with Crippen LogP contribution in [-0.2, 0) is 16.1 Å². The molecule has 1 aromatic heterocycles. The highest BCUT2D eigenvalue weighted by Gasteiger charge is 2.33. The number of ether oxygens (including phenoxy) is 1. The average molecular weight is 547 g/mol. The lowest BCUT2D eigenvalue weighted by atomic mass is 9.81. The van der Waals surface area contributed by atoms with Crippen LogP contribution in [0.2, 0.25) is 0 Å². The van der Waals surface area contributed by atoms with E-state index >= 15 is 0 Å². The monoisotopic (exact) mass is 546 g/mol. The van der Waals surface area contributed by atoms with Crippen molar-refractivity contribution in [3.63, 3.8) is 0 Å². The minimum atomic E-state index is -0.745. The number of piperazine rings is 1. The van der Waals surface area contributed by atoms with E-state index in [2.05, 4.69) is 10.2 Å². The van der Waals surface area contributed by atoms with Crippen molar-refractivity contribution >= 4 is 40.1 Å². The highest BCUT2D eigenvalue weighted by atomic mass is 16.5. The smallest absolute Gasteiger partial charge is 0.306 e. The van der Waals surface area contributed by atoms with Crippen LogP contribution in [0.3, 0.4) is 0 Å². The van der Waals surface area contributed by atoms with Gasteiger partial charge < -0.3 is 29.5 Å². The number of aliphatic carboxylic acids is 1. The van der Waals surface area contributed by atoms with Gasteiger partial charge in [0.05, 0.1) is 18.0 Å². The van der Waals surface area contributed by atoms with E-state index in [9.17, 15) is 19.5 Å². The van der Waals surface area contributed by atoms with Crippen molar-refractivity contribution in [2.45, 2.75) is 46.1 Å². The molecule has 2 aromatic carbocycles. The first-order chi connectivity index (χ1) is 19.4. The number of carbonyl (C=O) groups excluding carboxylic acids is 2. The van der Waals surface area contributed by atoms with E-state index in [4.69, 9.17) is 4.74 Å². The Kier molecular flexibility index (Phi) is 8.28. The van der Waals surface area contributed by atoms with Gasteiger partial charge in [-0.1, -0.05) is 6.07 Å². The summed E-state index contributed by atoms with van der Waals surface area (Å²) in [5, 5.41) is 13.2. The Balaban J connectivity index is 1.18. The van der Waals surface area contributed by atoms with Gasteiger partial charge in [-0.25, -0.2) is 0 Å². The van der Waals surface area contributed by atoms with E-state index in [1.54, 1.807) is 0 Å². The van der Waals surface area contributed by atoms with Crippen LogP contribution in [-0.4, -0.2) is 65.1 Å². The Morgan fingerprint density at radius 3 is 2.23 bits per heavy atom. The molecule has 0 spiro atoms. The molecule has 2 N–H and O–H groups in total. The number of anilines is 2. The zero-order valence-corrected chi connectivity index (χ0v) is 23.3. The third-order valence-corrected chi connectivity index (χ3v) is 8.26. The average Bonchev–Trinajstić information content (AvgIpc) is 3.37. The molecule has 2 heterocycles. The van der Waals surface area contributed by atoms with Crippen LogP contribution in [0.15, 0.2) is 48.5 Å². The first-order valence-corrected chi connectivity index (χ1v) is 14.3. The Bertz CT molecular complexity index is 1370. The van der Waals surface area contributed by atoms with Gasteiger partial charge in [0.15, 0.2) is 0 Å². The Morgan fingerprint density at radius 1 is 0.925 bits per heavy atom. The van der Waals surface area contributed by atoms with Crippen molar-refractivity contribution in [3.05, 3.63) is 54.2 Å². The van der Waals surface area contributed by atoms with Crippen LogP contribution in [0.4, 0.5) is 11.4 Å². The SMILES string of the molecule is CCOc1cccc2c1cc(C(=O)Nc1ccc(N3CCN(C(=O)C4CCC(C(=O)O)CC4)CC3)cc1)n2CC. The highest BCUT2D eigenvalue weighted by molar-refractivity contribution is 6.07. The Morgan fingerprint density at radius 2 is 1.60 bits per heavy atom. The molecule has 1 aliphatic heterocycles. The molecular weight excluding hydrogens is 508 g/mol. The van der Waals surface area contributed by atoms with Crippen molar-refractivity contribution in [1.82, 2.24) is 9.47 Å². The van der Waals surface area contributed by atoms with Gasteiger partial charge in [0.25, 0.3) is 5.91 Å². The molecule has 40 heavy (non-hydrogen) atoms. The lowest BCUT2D eigenvalue weighted by molar-refractivity contribution is -0.145. The van der Waals surface area contributed by atoms with Crippen LogP contribution in [0.25, 0.3) is 10.9 Å². The van der Waals surface area contributed by atoms with E-state index < -0.39 is 5.97 Å². The first-order valence-electron chi connectivity index (χ1n) is 14.3. The van der Waals surface area contributed by atoms with Crippen LogP contribution >= 0.6 is 0 Å². The maximum Gasteiger partial charge on any atom is 0.306 e. The molecule has 2 fully saturated rings. The standard InChI is InChI=1S/C31H38N4O5/c1-3-35-26-6-5-7-28(40-4-2)25(26)20-27(35)29(36)32-23-12-14-24(15-13-23)33-16-18-34(19-17-33)30(37)21-8-10-22(11-9-21)31(38)39/h5-7,12-15,20-22H,3-4,8-11,16-19H2,1-2H3,(H,32,36)(H,38,39). The molecule has 0 atom stereocenters. The number of nitrogens with one attached hydrogen (secondary N) is 1. The molecule has 1 saturated heterocycles. The molecule has 9 heteroatoms. The van der Waals surface area contributed by atoms with Crippen molar-refractivity contribution in [3.8, 4) is 5.75 Å². The van der Waals surface area contributed by atoms with Gasteiger partial charge in [0.2, 0.25) is 5.91 Å². The molecule has 9 nitrogen and oxygen atoms in total. The largest absolute Gasteiger partial charge is 0.493 e. The summed E-state index contributed by atoms with van der Waals surface area (Å²) < 4.78 is 7.77. The number of carboxylic acid groups (broad SMARTS) is 1. The third-order valence-electron chi connectivity index (χ3n) is 8.26. The second-order valence-corrected chi connectivity index (χ2v) is 10.6. The summed E-state index contributed by atoms with van der Waals surface area (Å²) in [5.41, 5.74) is 3.33. The van der Waals surface area contributed by atoms with E-state index in [1.807, 2.05) is 71.8 Å². The Hall–Kier alpha value is -4.01. The predicted octanol–water partition coefficient (Wildman–Crippen LogP) is 4.85. The minimum absolute atomic E-state index is 0.0535. The maximum atomic E-state index is 13.3. The second kappa shape index (κ2) is 12.0. The molecule has 2 aliphatic rings. The number of amides is 2. The zero-order chi connectivity index (χ0) is 28.2. The number of rotatable bonds is 8. The van der Waals surface area contributed by atoms with Gasteiger partial charge in [-0.3, -0.25) is 14.4 Å². The summed E-state index contributed by atoms with van der Waals surface area (Å²) in [6.07, 6.45) is 2.50. The first kappa shape index (κ1) is 27.6. The van der Waals surface area contributed by atoms with Gasteiger partial charge in [0.1, 0.15) is 11.4 Å². The van der Waals surface area contributed by atoms with E-state index in [1.165, 1.54) is 0 Å². The summed E-state index contributed by atoms with van der Waals surface area (Å²) in [4.78, 5) is 41.6. The fourth-order valence-corrected chi connectivity index (χ4v) is 6.05. The number of aromatic nitrogens is 1. The number of hydrogen-bond donors (Lipinski definition) is 2.